The predicted molar refractivity (Wildman–Crippen MR) is 151 cm³/mol. The van der Waals surface area contributed by atoms with Gasteiger partial charge in [-0.2, -0.15) is 0 Å². The number of rotatable bonds is 7. The molecule has 6 heteroatoms. The molecule has 1 heterocycles. The van der Waals surface area contributed by atoms with Crippen molar-refractivity contribution in [1.82, 2.24) is 4.90 Å². The van der Waals surface area contributed by atoms with Gasteiger partial charge in [-0.15, -0.1) is 6.42 Å². The maximum atomic E-state index is 14.3. The molecule has 2 amide bonds. The predicted octanol–water partition coefficient (Wildman–Crippen LogP) is 4.69. The molecule has 0 aromatic rings. The number of esters is 1. The van der Waals surface area contributed by atoms with E-state index in [9.17, 15) is 14.4 Å². The summed E-state index contributed by atoms with van der Waals surface area (Å²) in [6, 6.07) is 0. The lowest BCUT2D eigenvalue weighted by atomic mass is 9.34. The van der Waals surface area contributed by atoms with Gasteiger partial charge in [0.15, 0.2) is 6.61 Å². The fourth-order valence-corrected chi connectivity index (χ4v) is 10.0. The van der Waals surface area contributed by atoms with Gasteiger partial charge in [0.2, 0.25) is 11.8 Å². The van der Waals surface area contributed by atoms with Crippen LogP contribution in [-0.4, -0.2) is 67.5 Å². The Morgan fingerprint density at radius 3 is 2.54 bits per heavy atom. The lowest BCUT2D eigenvalue weighted by Crippen LogP contribution is -2.65. The van der Waals surface area contributed by atoms with Crippen LogP contribution in [0.15, 0.2) is 11.6 Å². The van der Waals surface area contributed by atoms with Crippen LogP contribution in [0.5, 0.6) is 0 Å². The van der Waals surface area contributed by atoms with Crippen LogP contribution in [0, 0.1) is 64.1 Å². The van der Waals surface area contributed by atoms with Crippen LogP contribution in [-0.2, 0) is 19.1 Å². The molecular weight excluding hydrogens is 488 g/mol. The second-order valence-electron chi connectivity index (χ2n) is 14.8. The summed E-state index contributed by atoms with van der Waals surface area (Å²) in [5.74, 6) is 2.82. The number of likely N-dealkylation sites (tertiary alicyclic amines) is 1. The number of hydrogen-bond acceptors (Lipinski definition) is 4. The van der Waals surface area contributed by atoms with Crippen molar-refractivity contribution in [3.8, 4) is 12.3 Å². The Kier molecular flexibility index (Phi) is 6.90. The molecule has 3 saturated carbocycles. The number of carbonyl (C=O) groups is 3. The number of carbonyl (C=O) groups excluding carboxylic acids is 3. The van der Waals surface area contributed by atoms with Crippen molar-refractivity contribution in [1.29, 1.82) is 0 Å². The number of likely N-dealkylation sites (N-methyl/N-ethyl adjacent to an activating group) is 1. The standard InChI is InChI=1S/C33H49N2O4/c1-9-18-39-30(38)32(6)14-11-13-31(5)24(32)12-15-33-20-23(21(3)4)22(19-25(31)33)26-27(33)29(37)34(28(26)36)16-17-35(7,8)10-2/h1,20-22,24-27H,10-19H2,2-8H3/q+1/t22?,24-,25-,26?,27?,31+,32-,33?/m1/s1. The molecule has 1 aliphatic heterocycles. The first-order valence-electron chi connectivity index (χ1n) is 15.3. The van der Waals surface area contributed by atoms with Crippen LogP contribution >= 0.6 is 0 Å². The monoisotopic (exact) mass is 537 g/mol. The lowest BCUT2D eigenvalue weighted by molar-refractivity contribution is -0.887. The van der Waals surface area contributed by atoms with Crippen molar-refractivity contribution in [2.24, 2.45) is 51.8 Å². The Bertz CT molecular complexity index is 1130. The molecule has 0 radical (unpaired) electrons. The molecule has 1 saturated heterocycles. The van der Waals surface area contributed by atoms with Gasteiger partial charge in [0.25, 0.3) is 0 Å². The molecule has 6 rings (SSSR count). The molecule has 2 bridgehead atoms. The number of hydrogen-bond donors (Lipinski definition) is 0. The summed E-state index contributed by atoms with van der Waals surface area (Å²) < 4.78 is 6.34. The number of allylic oxidation sites excluding steroid dienone is 2. The molecule has 0 aromatic carbocycles. The highest BCUT2D eigenvalue weighted by Crippen LogP contribution is 2.74. The first-order valence-corrected chi connectivity index (χ1v) is 15.3. The van der Waals surface area contributed by atoms with Crippen molar-refractivity contribution < 1.29 is 23.6 Å². The number of terminal acetylenes is 1. The molecule has 5 aliphatic carbocycles. The van der Waals surface area contributed by atoms with Crippen LogP contribution in [0.4, 0.5) is 0 Å². The van der Waals surface area contributed by atoms with Gasteiger partial charge in [-0.05, 0) is 75.0 Å². The zero-order chi connectivity index (χ0) is 28.5. The van der Waals surface area contributed by atoms with Crippen molar-refractivity contribution >= 4 is 17.8 Å². The van der Waals surface area contributed by atoms with Gasteiger partial charge in [0, 0.05) is 5.41 Å². The normalized spacial score (nSPS) is 41.1. The molecule has 0 aromatic heterocycles. The zero-order valence-corrected chi connectivity index (χ0v) is 25.2. The second-order valence-corrected chi connectivity index (χ2v) is 14.8. The minimum absolute atomic E-state index is 0.0114. The first-order chi connectivity index (χ1) is 18.3. The maximum absolute atomic E-state index is 14.3. The minimum Gasteiger partial charge on any atom is -0.452 e. The van der Waals surface area contributed by atoms with E-state index < -0.39 is 5.41 Å². The Morgan fingerprint density at radius 2 is 1.90 bits per heavy atom. The van der Waals surface area contributed by atoms with Gasteiger partial charge in [0.1, 0.15) is 0 Å². The fraction of sp³-hybridized carbons (Fsp3) is 0.788. The van der Waals surface area contributed by atoms with Crippen LogP contribution in [0.25, 0.3) is 0 Å². The average Bonchev–Trinajstić information content (AvgIpc) is 3.16. The molecule has 8 atom stereocenters. The van der Waals surface area contributed by atoms with Gasteiger partial charge in [0.05, 0.1) is 51.0 Å². The Hall–Kier alpha value is -2.13. The zero-order valence-electron chi connectivity index (χ0n) is 25.2. The fourth-order valence-electron chi connectivity index (χ4n) is 10.0. The molecular formula is C33H49N2O4+. The summed E-state index contributed by atoms with van der Waals surface area (Å²) >= 11 is 0. The summed E-state index contributed by atoms with van der Waals surface area (Å²) in [4.78, 5) is 43.3. The van der Waals surface area contributed by atoms with Crippen molar-refractivity contribution in [2.75, 3.05) is 40.3 Å². The van der Waals surface area contributed by atoms with E-state index in [0.29, 0.717) is 12.5 Å². The molecule has 4 unspecified atom stereocenters. The number of fused-ring (bicyclic) bond motifs is 1. The van der Waals surface area contributed by atoms with E-state index in [0.717, 1.165) is 56.1 Å². The van der Waals surface area contributed by atoms with E-state index in [-0.39, 0.29) is 64.8 Å². The molecule has 214 valence electrons. The van der Waals surface area contributed by atoms with E-state index in [1.165, 1.54) is 5.57 Å². The van der Waals surface area contributed by atoms with Crippen LogP contribution in [0.3, 0.4) is 0 Å². The third kappa shape index (κ3) is 3.97. The SMILES string of the molecule is C#CCOC(=O)[C@]1(C)CCC[C@@]2(C)[C@H]1CCC13C=C(C(C)C)C(C[C@@H]12)C1C(=O)N(CC[N+](C)(C)CC)C(=O)C13. The average molecular weight is 538 g/mol. The highest BCUT2D eigenvalue weighted by Gasteiger charge is 2.73. The molecule has 6 aliphatic rings. The van der Waals surface area contributed by atoms with E-state index >= 15 is 0 Å². The quantitative estimate of drug-likeness (QED) is 0.155. The maximum Gasteiger partial charge on any atom is 0.313 e. The largest absolute Gasteiger partial charge is 0.452 e. The summed E-state index contributed by atoms with van der Waals surface area (Å²) in [5.41, 5.74) is 0.397. The highest BCUT2D eigenvalue weighted by molar-refractivity contribution is 6.06. The topological polar surface area (TPSA) is 63.7 Å². The van der Waals surface area contributed by atoms with E-state index in [2.05, 4.69) is 60.7 Å². The van der Waals surface area contributed by atoms with Crippen LogP contribution in [0.1, 0.15) is 73.1 Å². The third-order valence-corrected chi connectivity index (χ3v) is 12.3. The number of quaternary nitrogens is 1. The third-order valence-electron chi connectivity index (χ3n) is 12.3. The minimum atomic E-state index is -0.572. The van der Waals surface area contributed by atoms with Gasteiger partial charge < -0.3 is 9.22 Å². The van der Waals surface area contributed by atoms with Gasteiger partial charge >= 0.3 is 5.97 Å². The van der Waals surface area contributed by atoms with Gasteiger partial charge in [-0.3, -0.25) is 19.3 Å². The molecule has 4 fully saturated rings. The first kappa shape index (κ1) is 28.4. The van der Waals surface area contributed by atoms with E-state index in [1.807, 2.05) is 0 Å². The molecule has 0 N–H and O–H groups in total. The van der Waals surface area contributed by atoms with Crippen LogP contribution < -0.4 is 0 Å². The van der Waals surface area contributed by atoms with Crippen LogP contribution in [0.2, 0.25) is 0 Å². The summed E-state index contributed by atoms with van der Waals surface area (Å²) in [6.07, 6.45) is 13.4. The molecule has 39 heavy (non-hydrogen) atoms. The van der Waals surface area contributed by atoms with Crippen molar-refractivity contribution in [2.45, 2.75) is 73.1 Å². The Labute approximate surface area is 235 Å². The van der Waals surface area contributed by atoms with Crippen molar-refractivity contribution in [3.63, 3.8) is 0 Å². The highest BCUT2D eigenvalue weighted by atomic mass is 16.5. The Balaban J connectivity index is 1.54. The van der Waals surface area contributed by atoms with E-state index in [1.54, 1.807) is 4.90 Å². The number of ether oxygens (including phenoxy) is 1. The second kappa shape index (κ2) is 9.47. The summed E-state index contributed by atoms with van der Waals surface area (Å²) in [5, 5.41) is 0. The number of imide groups is 1. The lowest BCUT2D eigenvalue weighted by Gasteiger charge is -2.68. The molecule has 1 spiro atoms. The number of amides is 2. The smallest absolute Gasteiger partial charge is 0.313 e. The van der Waals surface area contributed by atoms with Crippen molar-refractivity contribution in [3.05, 3.63) is 11.6 Å². The van der Waals surface area contributed by atoms with E-state index in [4.69, 9.17) is 11.2 Å². The van der Waals surface area contributed by atoms with Gasteiger partial charge in [-0.25, -0.2) is 0 Å². The number of nitrogens with zero attached hydrogens (tertiary/aromatic N) is 2. The Morgan fingerprint density at radius 1 is 1.18 bits per heavy atom. The summed E-state index contributed by atoms with van der Waals surface area (Å²) in [6.45, 7) is 13.3. The molecule has 6 nitrogen and oxygen atoms in total. The summed E-state index contributed by atoms with van der Waals surface area (Å²) in [7, 11) is 4.32. The van der Waals surface area contributed by atoms with Gasteiger partial charge in [-0.1, -0.05) is 44.8 Å².